The second-order valence-electron chi connectivity index (χ2n) is 4.26. The van der Waals surface area contributed by atoms with Gasteiger partial charge in [0.1, 0.15) is 0 Å². The van der Waals surface area contributed by atoms with Crippen LogP contribution >= 0.6 is 0 Å². The molecule has 11 heteroatoms. The van der Waals surface area contributed by atoms with Crippen LogP contribution in [0.2, 0.25) is 0 Å². The van der Waals surface area contributed by atoms with Gasteiger partial charge in [-0.15, -0.1) is 0 Å². The molecule has 0 saturated carbocycles. The number of carbonyl (C=O) groups excluding carboxylic acids is 1. The Morgan fingerprint density at radius 2 is 2.04 bits per heavy atom. The third-order valence-corrected chi connectivity index (χ3v) is 2.61. The van der Waals surface area contributed by atoms with Gasteiger partial charge in [0.15, 0.2) is 11.4 Å². The van der Waals surface area contributed by atoms with E-state index in [-0.39, 0.29) is 5.69 Å². The number of carbonyl (C=O) groups is 1. The lowest BCUT2D eigenvalue weighted by Gasteiger charge is -2.20. The molecule has 0 aliphatic carbocycles. The van der Waals surface area contributed by atoms with Crippen molar-refractivity contribution in [2.24, 2.45) is 5.73 Å². The zero-order valence-corrected chi connectivity index (χ0v) is 11.2. The monoisotopic (exact) mass is 336 g/mol. The summed E-state index contributed by atoms with van der Waals surface area (Å²) < 4.78 is 68.6. The first kappa shape index (κ1) is 16.6. The largest absolute Gasteiger partial charge is 0.435 e. The zero-order valence-electron chi connectivity index (χ0n) is 11.2. The van der Waals surface area contributed by atoms with Crippen molar-refractivity contribution in [1.82, 2.24) is 14.8 Å². The Morgan fingerprint density at radius 1 is 1.35 bits per heavy atom. The first-order chi connectivity index (χ1) is 10.7. The summed E-state index contributed by atoms with van der Waals surface area (Å²) in [7, 11) is 0. The van der Waals surface area contributed by atoms with E-state index in [0.29, 0.717) is 0 Å². The van der Waals surface area contributed by atoms with Crippen LogP contribution in [0.25, 0.3) is 5.69 Å². The number of aromatic nitrogens is 3. The highest BCUT2D eigenvalue weighted by atomic mass is 19.3. The van der Waals surface area contributed by atoms with E-state index < -0.39 is 36.1 Å². The van der Waals surface area contributed by atoms with Crippen molar-refractivity contribution in [3.05, 3.63) is 36.4 Å². The third-order valence-electron chi connectivity index (χ3n) is 2.61. The van der Waals surface area contributed by atoms with E-state index in [1.165, 1.54) is 24.5 Å². The molecule has 0 aromatic carbocycles. The fourth-order valence-electron chi connectivity index (χ4n) is 1.57. The minimum atomic E-state index is -4.87. The van der Waals surface area contributed by atoms with E-state index in [1.54, 1.807) is 0 Å². The van der Waals surface area contributed by atoms with Gasteiger partial charge >= 0.3 is 6.11 Å². The molecule has 2 aromatic heterocycles. The zero-order chi connectivity index (χ0) is 17.2. The lowest BCUT2D eigenvalue weighted by Crippen LogP contribution is -2.41. The van der Waals surface area contributed by atoms with Crippen LogP contribution in [-0.2, 0) is 0 Å². The molecule has 124 valence electrons. The lowest BCUT2D eigenvalue weighted by atomic mass is 10.3. The van der Waals surface area contributed by atoms with E-state index in [1.807, 2.05) is 0 Å². The second kappa shape index (κ2) is 6.18. The van der Waals surface area contributed by atoms with Crippen molar-refractivity contribution < 1.29 is 31.5 Å². The molecule has 1 unspecified atom stereocenters. The molecule has 2 rings (SSSR count). The van der Waals surface area contributed by atoms with Crippen molar-refractivity contribution in [2.75, 3.05) is 0 Å². The normalized spacial score (nSPS) is 13.1. The van der Waals surface area contributed by atoms with E-state index >= 15 is 0 Å². The number of hydrogen-bond donors (Lipinski definition) is 1. The molecule has 6 nitrogen and oxygen atoms in total. The van der Waals surface area contributed by atoms with Gasteiger partial charge in [0.2, 0.25) is 0 Å². The van der Waals surface area contributed by atoms with Crippen molar-refractivity contribution in [3.63, 3.8) is 0 Å². The maximum Gasteiger partial charge on any atom is 0.435 e. The maximum atomic E-state index is 13.3. The number of nitrogens with zero attached hydrogens (tertiary/aromatic N) is 3. The topological polar surface area (TPSA) is 83.0 Å². The number of rotatable bonds is 6. The highest BCUT2D eigenvalue weighted by molar-refractivity contribution is 5.93. The third kappa shape index (κ3) is 3.55. The summed E-state index contributed by atoms with van der Waals surface area (Å²) in [6, 6.07) is 2.95. The Kier molecular flexibility index (Phi) is 4.48. The molecular weight excluding hydrogens is 327 g/mol. The standard InChI is InChI=1S/C12H9F5N4O2/c13-9(10(14)15)12(16,17)23-7-5-21(20-8(7)11(18)22)6-2-1-3-19-4-6/h1-5,9-10H,(H2,18,22). The first-order valence-corrected chi connectivity index (χ1v) is 6.01. The fraction of sp³-hybridized carbons (Fsp3) is 0.250. The van der Waals surface area contributed by atoms with Gasteiger partial charge in [-0.25, -0.2) is 17.9 Å². The molecule has 0 aliphatic rings. The Labute approximate surface area is 125 Å². The van der Waals surface area contributed by atoms with Crippen LogP contribution in [0.3, 0.4) is 0 Å². The van der Waals surface area contributed by atoms with E-state index in [9.17, 15) is 26.7 Å². The first-order valence-electron chi connectivity index (χ1n) is 6.01. The molecule has 0 aliphatic heterocycles. The molecule has 1 amide bonds. The van der Waals surface area contributed by atoms with Crippen LogP contribution in [0.1, 0.15) is 10.5 Å². The molecule has 0 saturated heterocycles. The highest BCUT2D eigenvalue weighted by Gasteiger charge is 2.50. The molecule has 2 heterocycles. The Balaban J connectivity index is 2.38. The molecular formula is C12H9F5N4O2. The summed E-state index contributed by atoms with van der Waals surface area (Å²) in [6.07, 6.45) is -9.26. The summed E-state index contributed by atoms with van der Waals surface area (Å²) >= 11 is 0. The van der Waals surface area contributed by atoms with Crippen LogP contribution in [0.15, 0.2) is 30.7 Å². The molecule has 2 aromatic rings. The van der Waals surface area contributed by atoms with E-state index in [4.69, 9.17) is 5.73 Å². The Morgan fingerprint density at radius 3 is 2.57 bits per heavy atom. The fourth-order valence-corrected chi connectivity index (χ4v) is 1.57. The van der Waals surface area contributed by atoms with Gasteiger partial charge in [0, 0.05) is 6.20 Å². The predicted octanol–water partition coefficient (Wildman–Crippen LogP) is 1.94. The van der Waals surface area contributed by atoms with Crippen LogP contribution in [-0.4, -0.2) is 39.4 Å². The number of pyridine rings is 1. The van der Waals surface area contributed by atoms with Crippen molar-refractivity contribution in [3.8, 4) is 11.4 Å². The van der Waals surface area contributed by atoms with Crippen molar-refractivity contribution in [1.29, 1.82) is 0 Å². The van der Waals surface area contributed by atoms with Crippen molar-refractivity contribution >= 4 is 5.91 Å². The number of primary amides is 1. The van der Waals surface area contributed by atoms with Gasteiger partial charge in [0.25, 0.3) is 18.5 Å². The Bertz CT molecular complexity index is 692. The van der Waals surface area contributed by atoms with Crippen LogP contribution < -0.4 is 10.5 Å². The van der Waals surface area contributed by atoms with E-state index in [0.717, 1.165) is 10.9 Å². The molecule has 23 heavy (non-hydrogen) atoms. The summed E-state index contributed by atoms with van der Waals surface area (Å²) in [5.41, 5.74) is 4.44. The number of ether oxygens (including phenoxy) is 1. The summed E-state index contributed by atoms with van der Waals surface area (Å²) in [6.45, 7) is 0. The molecule has 0 bridgehead atoms. The summed E-state index contributed by atoms with van der Waals surface area (Å²) in [5.74, 6) is -2.19. The van der Waals surface area contributed by atoms with Crippen LogP contribution in [0.4, 0.5) is 22.0 Å². The van der Waals surface area contributed by atoms with Gasteiger partial charge in [-0.3, -0.25) is 9.78 Å². The van der Waals surface area contributed by atoms with Gasteiger partial charge in [-0.05, 0) is 12.1 Å². The molecule has 0 spiro atoms. The minimum absolute atomic E-state index is 0.249. The van der Waals surface area contributed by atoms with Crippen LogP contribution in [0.5, 0.6) is 5.75 Å². The maximum absolute atomic E-state index is 13.3. The van der Waals surface area contributed by atoms with Gasteiger partial charge in [-0.2, -0.15) is 13.9 Å². The smallest absolute Gasteiger partial charge is 0.426 e. The number of alkyl halides is 5. The minimum Gasteiger partial charge on any atom is -0.426 e. The molecule has 0 radical (unpaired) electrons. The lowest BCUT2D eigenvalue weighted by molar-refractivity contribution is -0.244. The number of halogens is 5. The second-order valence-corrected chi connectivity index (χ2v) is 4.26. The predicted molar refractivity (Wildman–Crippen MR) is 66.4 cm³/mol. The summed E-state index contributed by atoms with van der Waals surface area (Å²) in [5, 5.41) is 3.60. The number of hydrogen-bond acceptors (Lipinski definition) is 4. The van der Waals surface area contributed by atoms with Gasteiger partial charge < -0.3 is 10.5 Å². The number of nitrogens with two attached hydrogens (primary N) is 1. The van der Waals surface area contributed by atoms with Gasteiger partial charge in [-0.1, -0.05) is 0 Å². The Hall–Kier alpha value is -2.72. The average molecular weight is 336 g/mol. The molecule has 0 fully saturated rings. The highest BCUT2D eigenvalue weighted by Crippen LogP contribution is 2.32. The summed E-state index contributed by atoms with van der Waals surface area (Å²) in [4.78, 5) is 15.0. The van der Waals surface area contributed by atoms with Crippen LogP contribution in [0, 0.1) is 0 Å². The van der Waals surface area contributed by atoms with Crippen molar-refractivity contribution in [2.45, 2.75) is 18.7 Å². The quantitative estimate of drug-likeness (QED) is 0.817. The molecule has 1 atom stereocenters. The average Bonchev–Trinajstić information content (AvgIpc) is 2.90. The van der Waals surface area contributed by atoms with E-state index in [2.05, 4.69) is 14.8 Å². The SMILES string of the molecule is NC(=O)c1nn(-c2cccnc2)cc1OC(F)(F)C(F)C(F)F. The van der Waals surface area contributed by atoms with Gasteiger partial charge in [0.05, 0.1) is 18.1 Å². The molecule has 2 N–H and O–H groups in total. The number of amides is 1.